The van der Waals surface area contributed by atoms with Crippen LogP contribution in [0.5, 0.6) is 0 Å². The van der Waals surface area contributed by atoms with E-state index in [0.717, 1.165) is 11.3 Å². The van der Waals surface area contributed by atoms with E-state index in [1.165, 1.54) is 0 Å². The van der Waals surface area contributed by atoms with Crippen molar-refractivity contribution in [3.8, 4) is 0 Å². The maximum absolute atomic E-state index is 6.37. The first-order valence-corrected chi connectivity index (χ1v) is 9.91. The molecule has 5 heteroatoms. The summed E-state index contributed by atoms with van der Waals surface area (Å²) in [7, 11) is -1.63. The van der Waals surface area contributed by atoms with Crippen molar-refractivity contribution < 1.29 is 9.26 Å². The second kappa shape index (κ2) is 5.43. The molecule has 0 unspecified atom stereocenters. The van der Waals surface area contributed by atoms with Crippen LogP contribution in [0.3, 0.4) is 0 Å². The van der Waals surface area contributed by atoms with E-state index in [2.05, 4.69) is 24.8 Å². The molecule has 0 saturated carbocycles. The van der Waals surface area contributed by atoms with Crippen molar-refractivity contribution >= 4 is 25.6 Å². The van der Waals surface area contributed by atoms with E-state index < -0.39 is 8.32 Å². The second-order valence-electron chi connectivity index (χ2n) is 5.31. The lowest BCUT2D eigenvalue weighted by Gasteiger charge is -2.29. The van der Waals surface area contributed by atoms with Gasteiger partial charge in [0, 0.05) is 12.0 Å². The lowest BCUT2D eigenvalue weighted by Crippen LogP contribution is -2.38. The third-order valence-corrected chi connectivity index (χ3v) is 3.87. The minimum atomic E-state index is -1.63. The van der Waals surface area contributed by atoms with Crippen molar-refractivity contribution in [2.75, 3.05) is 0 Å². The van der Waals surface area contributed by atoms with Gasteiger partial charge in [-0.25, -0.2) is 0 Å². The highest BCUT2D eigenvalue weighted by molar-refractivity contribution is 6.69. The molecule has 0 saturated heterocycles. The molecule has 0 radical (unpaired) electrons. The van der Waals surface area contributed by atoms with E-state index in [-0.39, 0.29) is 11.7 Å². The Labute approximate surface area is 114 Å². The van der Waals surface area contributed by atoms with Gasteiger partial charge in [-0.2, -0.15) is 0 Å². The molecule has 1 aliphatic rings. The molecule has 0 fully saturated rings. The largest absolute Gasteiger partial charge is 0.382 e. The van der Waals surface area contributed by atoms with Gasteiger partial charge in [-0.1, -0.05) is 35.5 Å². The highest BCUT2D eigenvalue weighted by Crippen LogP contribution is 2.24. The van der Waals surface area contributed by atoms with Crippen LogP contribution in [0, 0.1) is 0 Å². The molecule has 0 aromatic heterocycles. The van der Waals surface area contributed by atoms with Crippen molar-refractivity contribution in [2.24, 2.45) is 5.16 Å². The van der Waals surface area contributed by atoms with Gasteiger partial charge < -0.3 is 9.26 Å². The van der Waals surface area contributed by atoms with Gasteiger partial charge in [-0.3, -0.25) is 0 Å². The van der Waals surface area contributed by atoms with Crippen LogP contribution in [0.1, 0.15) is 12.0 Å². The van der Waals surface area contributed by atoms with Gasteiger partial charge in [-0.05, 0) is 19.6 Å². The van der Waals surface area contributed by atoms with E-state index in [4.69, 9.17) is 20.9 Å². The zero-order valence-corrected chi connectivity index (χ0v) is 12.6. The summed E-state index contributed by atoms with van der Waals surface area (Å²) in [6, 6.07) is 9.86. The number of hydrogen-bond donors (Lipinski definition) is 0. The Morgan fingerprint density at radius 3 is 2.50 bits per heavy atom. The summed E-state index contributed by atoms with van der Waals surface area (Å²) in [5.41, 5.74) is 1.79. The van der Waals surface area contributed by atoms with Gasteiger partial charge >= 0.3 is 0 Å². The average Bonchev–Trinajstić information content (AvgIpc) is 2.28. The predicted octanol–water partition coefficient (Wildman–Crippen LogP) is 3.60. The van der Waals surface area contributed by atoms with Crippen molar-refractivity contribution in [2.45, 2.75) is 37.7 Å². The van der Waals surface area contributed by atoms with Crippen LogP contribution in [0.4, 0.5) is 0 Å². The zero-order valence-electron chi connectivity index (χ0n) is 10.9. The predicted molar refractivity (Wildman–Crippen MR) is 76.5 cm³/mol. The number of alkyl halides is 1. The van der Waals surface area contributed by atoms with Gasteiger partial charge in [0.15, 0.2) is 8.32 Å². The molecule has 0 amide bonds. The molecule has 0 aliphatic carbocycles. The summed E-state index contributed by atoms with van der Waals surface area (Å²) in [5.74, 6) is 0. The highest BCUT2D eigenvalue weighted by Gasteiger charge is 2.31. The van der Waals surface area contributed by atoms with Crippen LogP contribution >= 0.6 is 11.6 Å². The van der Waals surface area contributed by atoms with Gasteiger partial charge in [0.1, 0.15) is 5.71 Å². The summed E-state index contributed by atoms with van der Waals surface area (Å²) < 4.78 is 5.86. The van der Waals surface area contributed by atoms with Crippen molar-refractivity contribution in [3.63, 3.8) is 0 Å². The van der Waals surface area contributed by atoms with E-state index >= 15 is 0 Å². The maximum Gasteiger partial charge on any atom is 0.219 e. The Kier molecular flexibility index (Phi) is 4.09. The van der Waals surface area contributed by atoms with Crippen molar-refractivity contribution in [3.05, 3.63) is 35.9 Å². The Bertz CT molecular complexity index is 430. The van der Waals surface area contributed by atoms with E-state index in [1.807, 2.05) is 30.3 Å². The second-order valence-corrected chi connectivity index (χ2v) is 10.3. The number of rotatable bonds is 3. The lowest BCUT2D eigenvalue weighted by molar-refractivity contribution is -0.0937. The maximum atomic E-state index is 6.37. The average molecular weight is 284 g/mol. The molecular formula is C13H18ClNO2Si. The summed E-state index contributed by atoms with van der Waals surface area (Å²) in [6.45, 7) is 6.36. The SMILES string of the molecule is C[Si](C)(C)O[C@H]1C[C@H](Cl)C(c2ccccc2)=NO1. The first-order valence-electron chi connectivity index (χ1n) is 6.07. The molecule has 2 atom stereocenters. The van der Waals surface area contributed by atoms with Crippen molar-refractivity contribution in [1.29, 1.82) is 0 Å². The van der Waals surface area contributed by atoms with E-state index in [1.54, 1.807) is 0 Å². The molecule has 0 spiro atoms. The summed E-state index contributed by atoms with van der Waals surface area (Å²) in [4.78, 5) is 5.41. The number of benzene rings is 1. The van der Waals surface area contributed by atoms with E-state index in [0.29, 0.717) is 6.42 Å². The van der Waals surface area contributed by atoms with Crippen LogP contribution in [-0.4, -0.2) is 25.7 Å². The molecule has 1 heterocycles. The summed E-state index contributed by atoms with van der Waals surface area (Å²) in [6.07, 6.45) is 0.325. The van der Waals surface area contributed by atoms with E-state index in [9.17, 15) is 0 Å². The van der Waals surface area contributed by atoms with Crippen LogP contribution in [0.25, 0.3) is 0 Å². The molecule has 2 rings (SSSR count). The quantitative estimate of drug-likeness (QED) is 0.627. The first-order chi connectivity index (χ1) is 8.46. The van der Waals surface area contributed by atoms with Crippen LogP contribution in [-0.2, 0) is 9.26 Å². The fourth-order valence-corrected chi connectivity index (χ4v) is 3.04. The van der Waals surface area contributed by atoms with Crippen molar-refractivity contribution in [1.82, 2.24) is 0 Å². The van der Waals surface area contributed by atoms with Gasteiger partial charge in [0.05, 0.1) is 5.38 Å². The fraction of sp³-hybridized carbons (Fsp3) is 0.462. The van der Waals surface area contributed by atoms with Crippen LogP contribution < -0.4 is 0 Å². The standard InChI is InChI=1S/C13H18ClNO2Si/c1-18(2,3)17-12-9-11(14)13(15-16-12)10-7-5-4-6-8-10/h4-8,11-12H,9H2,1-3H3/t11-,12-/m0/s1. The molecule has 98 valence electrons. The highest BCUT2D eigenvalue weighted by atomic mass is 35.5. The lowest BCUT2D eigenvalue weighted by atomic mass is 10.0. The Balaban J connectivity index is 2.09. The molecule has 3 nitrogen and oxygen atoms in total. The summed E-state index contributed by atoms with van der Waals surface area (Å²) >= 11 is 6.37. The number of nitrogens with zero attached hydrogens (tertiary/aromatic N) is 1. The Morgan fingerprint density at radius 2 is 1.94 bits per heavy atom. The minimum absolute atomic E-state index is 0.164. The number of halogens is 1. The minimum Gasteiger partial charge on any atom is -0.382 e. The third kappa shape index (κ3) is 3.57. The molecule has 1 aliphatic heterocycles. The molecule has 1 aromatic rings. The van der Waals surface area contributed by atoms with Gasteiger partial charge in [0.25, 0.3) is 0 Å². The first kappa shape index (κ1) is 13.6. The molecular weight excluding hydrogens is 266 g/mol. The Morgan fingerprint density at radius 1 is 1.28 bits per heavy atom. The number of hydrogen-bond acceptors (Lipinski definition) is 3. The molecule has 0 bridgehead atoms. The van der Waals surface area contributed by atoms with Gasteiger partial charge in [0.2, 0.25) is 6.29 Å². The van der Waals surface area contributed by atoms with Crippen LogP contribution in [0.15, 0.2) is 35.5 Å². The fourth-order valence-electron chi connectivity index (χ4n) is 1.80. The monoisotopic (exact) mass is 283 g/mol. The van der Waals surface area contributed by atoms with Crippen LogP contribution in [0.2, 0.25) is 19.6 Å². The molecule has 1 aromatic carbocycles. The van der Waals surface area contributed by atoms with Gasteiger partial charge in [-0.15, -0.1) is 11.6 Å². The molecule has 18 heavy (non-hydrogen) atoms. The number of oxime groups is 1. The zero-order chi connectivity index (χ0) is 13.2. The smallest absolute Gasteiger partial charge is 0.219 e. The third-order valence-electron chi connectivity index (χ3n) is 2.52. The topological polar surface area (TPSA) is 30.8 Å². The Hall–Kier alpha value is -0.843. The molecule has 0 N–H and O–H groups in total. The normalized spacial score (nSPS) is 24.3. The summed E-state index contributed by atoms with van der Waals surface area (Å²) in [5, 5.41) is 3.96.